The van der Waals surface area contributed by atoms with Gasteiger partial charge >= 0.3 is 0 Å². The van der Waals surface area contributed by atoms with E-state index in [-0.39, 0.29) is 11.4 Å². The Morgan fingerprint density at radius 1 is 1.00 bits per heavy atom. The molecule has 0 aliphatic rings. The number of hydrogen-bond donors (Lipinski definition) is 1. The van der Waals surface area contributed by atoms with Gasteiger partial charge in [0.2, 0.25) is 15.9 Å². The number of carbonyl (C=O) groups is 1. The third-order valence-electron chi connectivity index (χ3n) is 5.28. The zero-order valence-electron chi connectivity index (χ0n) is 18.0. The van der Waals surface area contributed by atoms with Crippen molar-refractivity contribution >= 4 is 43.2 Å². The second kappa shape index (κ2) is 8.82. The largest absolute Gasteiger partial charge is 0.324 e. The molecule has 4 rings (SSSR count). The van der Waals surface area contributed by atoms with Crippen molar-refractivity contribution in [3.05, 3.63) is 77.9 Å². The summed E-state index contributed by atoms with van der Waals surface area (Å²) in [6.07, 6.45) is 0. The van der Waals surface area contributed by atoms with Crippen LogP contribution < -0.4 is 5.32 Å². The molecule has 164 valence electrons. The van der Waals surface area contributed by atoms with Crippen LogP contribution in [-0.2, 0) is 14.8 Å². The minimum Gasteiger partial charge on any atom is -0.324 e. The lowest BCUT2D eigenvalue weighted by molar-refractivity contribution is -0.116. The van der Waals surface area contributed by atoms with Crippen molar-refractivity contribution in [2.75, 3.05) is 18.9 Å². The summed E-state index contributed by atoms with van der Waals surface area (Å²) in [6, 6.07) is 20.2. The second-order valence-electron chi connectivity index (χ2n) is 7.59. The van der Waals surface area contributed by atoms with E-state index in [9.17, 15) is 13.2 Å². The van der Waals surface area contributed by atoms with E-state index >= 15 is 0 Å². The lowest BCUT2D eigenvalue weighted by Crippen LogP contribution is -2.35. The maximum Gasteiger partial charge on any atom is 0.243 e. The number of aromatic nitrogens is 1. The van der Waals surface area contributed by atoms with Crippen molar-refractivity contribution < 1.29 is 13.2 Å². The van der Waals surface area contributed by atoms with E-state index in [0.29, 0.717) is 5.69 Å². The van der Waals surface area contributed by atoms with Gasteiger partial charge in [-0.1, -0.05) is 30.3 Å². The van der Waals surface area contributed by atoms with Crippen LogP contribution in [0.3, 0.4) is 0 Å². The summed E-state index contributed by atoms with van der Waals surface area (Å²) in [5.74, 6) is -0.423. The monoisotopic (exact) mass is 465 g/mol. The number of nitrogens with zero attached hydrogens (tertiary/aromatic N) is 2. The Hall–Kier alpha value is -3.07. The van der Waals surface area contributed by atoms with Gasteiger partial charge in [0.15, 0.2) is 0 Å². The molecule has 3 aromatic carbocycles. The molecule has 0 saturated heterocycles. The lowest BCUT2D eigenvalue weighted by atomic mass is 10.1. The van der Waals surface area contributed by atoms with Crippen LogP contribution >= 0.6 is 11.3 Å². The number of nitrogens with one attached hydrogen (secondary N) is 1. The van der Waals surface area contributed by atoms with E-state index in [4.69, 9.17) is 0 Å². The van der Waals surface area contributed by atoms with Gasteiger partial charge in [-0.2, -0.15) is 4.31 Å². The summed E-state index contributed by atoms with van der Waals surface area (Å²) in [5, 5.41) is 3.64. The number of rotatable bonds is 6. The van der Waals surface area contributed by atoms with Crippen molar-refractivity contribution in [1.82, 2.24) is 9.29 Å². The molecule has 0 atom stereocenters. The zero-order chi connectivity index (χ0) is 22.9. The first-order valence-corrected chi connectivity index (χ1v) is 12.3. The highest BCUT2D eigenvalue weighted by atomic mass is 32.2. The molecular weight excluding hydrogens is 442 g/mol. The van der Waals surface area contributed by atoms with E-state index in [1.165, 1.54) is 7.05 Å². The number of fused-ring (bicyclic) bond motifs is 1. The molecule has 1 amide bonds. The smallest absolute Gasteiger partial charge is 0.243 e. The first-order chi connectivity index (χ1) is 15.3. The molecule has 0 aliphatic heterocycles. The third kappa shape index (κ3) is 4.43. The number of sulfonamides is 1. The fourth-order valence-electron chi connectivity index (χ4n) is 3.30. The maximum atomic E-state index is 12.9. The molecule has 0 fully saturated rings. The van der Waals surface area contributed by atoms with Crippen LogP contribution in [0.4, 0.5) is 5.69 Å². The van der Waals surface area contributed by atoms with Gasteiger partial charge in [0, 0.05) is 12.6 Å². The molecule has 0 aliphatic carbocycles. The Morgan fingerprint density at radius 2 is 1.72 bits per heavy atom. The number of para-hydroxylation sites is 2. The summed E-state index contributed by atoms with van der Waals surface area (Å²) in [5.41, 5.74) is 4.17. The molecule has 1 aromatic heterocycles. The number of aryl methyl sites for hydroxylation is 2. The Morgan fingerprint density at radius 3 is 2.47 bits per heavy atom. The summed E-state index contributed by atoms with van der Waals surface area (Å²) in [6.45, 7) is 3.48. The number of likely N-dealkylation sites (N-methyl/N-ethyl adjacent to an activating group) is 1. The van der Waals surface area contributed by atoms with Gasteiger partial charge in [0.25, 0.3) is 0 Å². The van der Waals surface area contributed by atoms with Crippen molar-refractivity contribution in [3.63, 3.8) is 0 Å². The van der Waals surface area contributed by atoms with Crippen LogP contribution in [0, 0.1) is 13.8 Å². The van der Waals surface area contributed by atoms with Gasteiger partial charge in [-0.05, 0) is 61.4 Å². The van der Waals surface area contributed by atoms with Gasteiger partial charge < -0.3 is 5.32 Å². The number of amides is 1. The molecule has 4 aromatic rings. The quantitative estimate of drug-likeness (QED) is 0.442. The average Bonchev–Trinajstić information content (AvgIpc) is 3.20. The van der Waals surface area contributed by atoms with E-state index < -0.39 is 15.9 Å². The van der Waals surface area contributed by atoms with E-state index in [2.05, 4.69) is 10.3 Å². The van der Waals surface area contributed by atoms with Gasteiger partial charge in [0.1, 0.15) is 5.01 Å². The Bertz CT molecular complexity index is 1380. The van der Waals surface area contributed by atoms with Crippen LogP contribution in [0.2, 0.25) is 0 Å². The fourth-order valence-corrected chi connectivity index (χ4v) is 5.52. The number of hydrogen-bond acceptors (Lipinski definition) is 5. The molecule has 0 radical (unpaired) electrons. The Balaban J connectivity index is 1.54. The van der Waals surface area contributed by atoms with Crippen molar-refractivity contribution in [2.45, 2.75) is 18.7 Å². The van der Waals surface area contributed by atoms with Gasteiger partial charge in [-0.3, -0.25) is 4.79 Å². The number of benzene rings is 3. The molecule has 32 heavy (non-hydrogen) atoms. The number of thiazole rings is 1. The number of anilines is 1. The molecule has 0 unspecified atom stereocenters. The first kappa shape index (κ1) is 22.1. The molecule has 0 spiro atoms. The minimum atomic E-state index is -3.78. The molecule has 1 heterocycles. The van der Waals surface area contributed by atoms with E-state index in [1.54, 1.807) is 35.6 Å². The standard InChI is InChI=1S/C24H23N3O3S2/c1-16-12-13-18(14-17(16)2)32(29,30)27(3)15-23(28)25-20-9-5-4-8-19(20)24-26-21-10-6-7-11-22(21)31-24/h4-14H,15H2,1-3H3,(H,25,28). The summed E-state index contributed by atoms with van der Waals surface area (Å²) in [4.78, 5) is 17.6. The van der Waals surface area contributed by atoms with Crippen LogP contribution in [0.1, 0.15) is 11.1 Å². The maximum absolute atomic E-state index is 12.9. The summed E-state index contributed by atoms with van der Waals surface area (Å²) < 4.78 is 27.9. The predicted octanol–water partition coefficient (Wildman–Crippen LogP) is 4.84. The van der Waals surface area contributed by atoms with E-state index in [0.717, 1.165) is 36.2 Å². The normalized spacial score (nSPS) is 11.8. The Kier molecular flexibility index (Phi) is 6.10. The fraction of sp³-hybridized carbons (Fsp3) is 0.167. The first-order valence-electron chi connectivity index (χ1n) is 10.0. The lowest BCUT2D eigenvalue weighted by Gasteiger charge is -2.18. The summed E-state index contributed by atoms with van der Waals surface area (Å²) >= 11 is 1.54. The van der Waals surface area contributed by atoms with Crippen LogP contribution in [0.25, 0.3) is 20.8 Å². The van der Waals surface area contributed by atoms with E-state index in [1.807, 2.05) is 56.3 Å². The summed E-state index contributed by atoms with van der Waals surface area (Å²) in [7, 11) is -2.38. The van der Waals surface area contributed by atoms with Crippen molar-refractivity contribution in [2.24, 2.45) is 0 Å². The highest BCUT2D eigenvalue weighted by molar-refractivity contribution is 7.89. The van der Waals surface area contributed by atoms with Crippen LogP contribution in [0.5, 0.6) is 0 Å². The third-order valence-corrected chi connectivity index (χ3v) is 8.15. The topological polar surface area (TPSA) is 79.4 Å². The van der Waals surface area contributed by atoms with Crippen LogP contribution in [-0.4, -0.2) is 37.2 Å². The molecule has 6 nitrogen and oxygen atoms in total. The highest BCUT2D eigenvalue weighted by Gasteiger charge is 2.24. The zero-order valence-corrected chi connectivity index (χ0v) is 19.6. The Labute approximate surface area is 191 Å². The van der Waals surface area contributed by atoms with Gasteiger partial charge in [0.05, 0.1) is 27.3 Å². The van der Waals surface area contributed by atoms with Crippen molar-refractivity contribution in [1.29, 1.82) is 0 Å². The SMILES string of the molecule is Cc1ccc(S(=O)(=O)N(C)CC(=O)Nc2ccccc2-c2nc3ccccc3s2)cc1C. The molecule has 1 N–H and O–H groups in total. The van der Waals surface area contributed by atoms with Crippen molar-refractivity contribution in [3.8, 4) is 10.6 Å². The molecule has 8 heteroatoms. The second-order valence-corrected chi connectivity index (χ2v) is 10.7. The highest BCUT2D eigenvalue weighted by Crippen LogP contribution is 2.34. The number of carbonyl (C=O) groups excluding carboxylic acids is 1. The van der Waals surface area contributed by atoms with Gasteiger partial charge in [-0.25, -0.2) is 13.4 Å². The molecule has 0 saturated carbocycles. The molecular formula is C24H23N3O3S2. The van der Waals surface area contributed by atoms with Gasteiger partial charge in [-0.15, -0.1) is 11.3 Å². The predicted molar refractivity (Wildman–Crippen MR) is 129 cm³/mol. The molecule has 0 bridgehead atoms. The minimum absolute atomic E-state index is 0.172. The average molecular weight is 466 g/mol. The van der Waals surface area contributed by atoms with Crippen LogP contribution in [0.15, 0.2) is 71.6 Å².